The van der Waals surface area contributed by atoms with E-state index in [0.717, 1.165) is 18.7 Å². The summed E-state index contributed by atoms with van der Waals surface area (Å²) in [5.74, 6) is 1.52. The van der Waals surface area contributed by atoms with Gasteiger partial charge in [0.25, 0.3) is 0 Å². The molecule has 0 spiro atoms. The van der Waals surface area contributed by atoms with Crippen molar-refractivity contribution in [2.45, 2.75) is 42.9 Å². The summed E-state index contributed by atoms with van der Waals surface area (Å²) < 4.78 is 10.2. The van der Waals surface area contributed by atoms with Crippen LogP contribution in [-0.4, -0.2) is 23.0 Å². The number of nitriles is 1. The third kappa shape index (κ3) is 3.29. The van der Waals surface area contributed by atoms with Gasteiger partial charge in [-0.15, -0.1) is 0 Å². The number of ether oxygens (including phenoxy) is 1. The van der Waals surface area contributed by atoms with E-state index in [1.54, 1.807) is 12.1 Å². The van der Waals surface area contributed by atoms with Crippen LogP contribution in [0, 0.1) is 18.3 Å². The van der Waals surface area contributed by atoms with Crippen molar-refractivity contribution in [1.29, 1.82) is 5.26 Å². The number of aromatic nitrogens is 2. The van der Waals surface area contributed by atoms with Gasteiger partial charge in [-0.3, -0.25) is 0 Å². The van der Waals surface area contributed by atoms with Gasteiger partial charge < -0.3 is 9.15 Å². The van der Waals surface area contributed by atoms with Crippen LogP contribution in [0.2, 0.25) is 0 Å². The van der Waals surface area contributed by atoms with Crippen molar-refractivity contribution in [3.8, 4) is 6.07 Å². The number of hydrogen-bond acceptors (Lipinski definition) is 7. The Bertz CT molecular complexity index is 821. The minimum absolute atomic E-state index is 0.100. The number of methoxy groups -OCH3 is 1. The van der Waals surface area contributed by atoms with Crippen LogP contribution in [0.25, 0.3) is 0 Å². The predicted molar refractivity (Wildman–Crippen MR) is 87.8 cm³/mol. The molecule has 2 aromatic rings. The molecule has 1 atom stereocenters. The quantitative estimate of drug-likeness (QED) is 0.464. The lowest BCUT2D eigenvalue weighted by Gasteiger charge is -2.11. The lowest BCUT2D eigenvalue weighted by molar-refractivity contribution is 0.0563. The first kappa shape index (κ1) is 16.5. The Kier molecular flexibility index (Phi) is 4.58. The van der Waals surface area contributed by atoms with E-state index in [-0.39, 0.29) is 11.0 Å². The van der Waals surface area contributed by atoms with Crippen LogP contribution in [-0.2, 0) is 4.74 Å². The molecule has 7 heteroatoms. The van der Waals surface area contributed by atoms with Gasteiger partial charge in [0.2, 0.25) is 5.76 Å². The highest BCUT2D eigenvalue weighted by Crippen LogP contribution is 2.41. The smallest absolute Gasteiger partial charge is 0.373 e. The van der Waals surface area contributed by atoms with E-state index >= 15 is 0 Å². The van der Waals surface area contributed by atoms with E-state index in [4.69, 9.17) is 4.42 Å². The van der Waals surface area contributed by atoms with Gasteiger partial charge in [-0.2, -0.15) is 5.26 Å². The number of carbonyl (C=O) groups is 1. The van der Waals surface area contributed by atoms with Crippen molar-refractivity contribution in [2.75, 3.05) is 7.11 Å². The first-order valence-corrected chi connectivity index (χ1v) is 8.54. The lowest BCUT2D eigenvalue weighted by atomic mass is 10.2. The topological polar surface area (TPSA) is 89.0 Å². The summed E-state index contributed by atoms with van der Waals surface area (Å²) in [5, 5.41) is 9.97. The van der Waals surface area contributed by atoms with Crippen LogP contribution < -0.4 is 0 Å². The highest BCUT2D eigenvalue weighted by atomic mass is 32.2. The Hall–Kier alpha value is -2.33. The number of nitrogens with zero attached hydrogens (tertiary/aromatic N) is 3. The number of esters is 1. The molecule has 2 aromatic heterocycles. The zero-order valence-electron chi connectivity index (χ0n) is 13.7. The molecule has 0 aromatic carbocycles. The van der Waals surface area contributed by atoms with E-state index in [1.807, 2.05) is 13.8 Å². The van der Waals surface area contributed by atoms with Gasteiger partial charge in [0.05, 0.1) is 18.1 Å². The van der Waals surface area contributed by atoms with Gasteiger partial charge in [-0.05, 0) is 38.8 Å². The molecule has 1 saturated carbocycles. The van der Waals surface area contributed by atoms with Crippen LogP contribution in [0.1, 0.15) is 64.3 Å². The molecule has 24 heavy (non-hydrogen) atoms. The first-order valence-electron chi connectivity index (χ1n) is 7.66. The van der Waals surface area contributed by atoms with Crippen molar-refractivity contribution in [3.05, 3.63) is 40.7 Å². The number of thioether (sulfide) groups is 1. The van der Waals surface area contributed by atoms with E-state index in [2.05, 4.69) is 20.8 Å². The van der Waals surface area contributed by atoms with Gasteiger partial charge in [-0.25, -0.2) is 14.8 Å². The third-order valence-electron chi connectivity index (χ3n) is 3.83. The minimum Gasteiger partial charge on any atom is -0.463 e. The van der Waals surface area contributed by atoms with Gasteiger partial charge in [0.15, 0.2) is 0 Å². The summed E-state index contributed by atoms with van der Waals surface area (Å²) in [6.45, 7) is 3.78. The molecule has 0 N–H and O–H groups in total. The molecule has 0 unspecified atom stereocenters. The second kappa shape index (κ2) is 6.65. The fourth-order valence-electron chi connectivity index (χ4n) is 2.31. The Labute approximate surface area is 144 Å². The summed E-state index contributed by atoms with van der Waals surface area (Å²) in [4.78, 5) is 20.5. The van der Waals surface area contributed by atoms with Crippen molar-refractivity contribution >= 4 is 17.7 Å². The van der Waals surface area contributed by atoms with Crippen LogP contribution in [0.3, 0.4) is 0 Å². The molecule has 1 fully saturated rings. The molecule has 3 rings (SSSR count). The van der Waals surface area contributed by atoms with Crippen molar-refractivity contribution < 1.29 is 13.9 Å². The summed E-state index contributed by atoms with van der Waals surface area (Å²) in [5.41, 5.74) is 1.20. The summed E-state index contributed by atoms with van der Waals surface area (Å²) >= 11 is 1.43. The van der Waals surface area contributed by atoms with Crippen LogP contribution >= 0.6 is 11.8 Å². The fourth-order valence-corrected chi connectivity index (χ4v) is 3.35. The molecular weight excluding hydrogens is 326 g/mol. The van der Waals surface area contributed by atoms with Crippen LogP contribution in [0.5, 0.6) is 0 Å². The second-order valence-electron chi connectivity index (χ2n) is 5.69. The Morgan fingerprint density at radius 2 is 2.21 bits per heavy atom. The van der Waals surface area contributed by atoms with Crippen LogP contribution in [0.4, 0.5) is 0 Å². The molecule has 0 amide bonds. The molecule has 1 aliphatic carbocycles. The Balaban J connectivity index is 1.85. The zero-order valence-corrected chi connectivity index (χ0v) is 14.5. The number of hydrogen-bond donors (Lipinski definition) is 0. The Morgan fingerprint density at radius 3 is 2.83 bits per heavy atom. The maximum absolute atomic E-state index is 11.5. The molecule has 6 nitrogen and oxygen atoms in total. The monoisotopic (exact) mass is 343 g/mol. The maximum atomic E-state index is 11.5. The molecule has 124 valence electrons. The van der Waals surface area contributed by atoms with Gasteiger partial charge in [0.1, 0.15) is 28.2 Å². The fraction of sp³-hybridized carbons (Fsp3) is 0.412. The van der Waals surface area contributed by atoms with Gasteiger partial charge in [-0.1, -0.05) is 11.8 Å². The van der Waals surface area contributed by atoms with Gasteiger partial charge in [0, 0.05) is 5.92 Å². The summed E-state index contributed by atoms with van der Waals surface area (Å²) in [6.07, 6.45) is 2.21. The van der Waals surface area contributed by atoms with E-state index < -0.39 is 5.97 Å². The second-order valence-corrected chi connectivity index (χ2v) is 7.02. The Morgan fingerprint density at radius 1 is 1.46 bits per heavy atom. The molecule has 1 aliphatic rings. The average molecular weight is 343 g/mol. The largest absolute Gasteiger partial charge is 0.463 e. The van der Waals surface area contributed by atoms with Gasteiger partial charge >= 0.3 is 5.97 Å². The van der Waals surface area contributed by atoms with Crippen molar-refractivity contribution in [2.24, 2.45) is 0 Å². The van der Waals surface area contributed by atoms with Crippen molar-refractivity contribution in [3.63, 3.8) is 0 Å². The maximum Gasteiger partial charge on any atom is 0.373 e. The highest BCUT2D eigenvalue weighted by Gasteiger charge is 2.29. The lowest BCUT2D eigenvalue weighted by Crippen LogP contribution is -2.02. The number of rotatable bonds is 5. The molecule has 2 heterocycles. The van der Waals surface area contributed by atoms with E-state index in [9.17, 15) is 10.1 Å². The first-order chi connectivity index (χ1) is 11.5. The number of aryl methyl sites for hydroxylation is 1. The molecular formula is C17H17N3O3S. The third-order valence-corrected chi connectivity index (χ3v) is 4.94. The highest BCUT2D eigenvalue weighted by molar-refractivity contribution is 7.99. The summed E-state index contributed by atoms with van der Waals surface area (Å²) in [6, 6.07) is 5.52. The van der Waals surface area contributed by atoms with E-state index in [0.29, 0.717) is 28.0 Å². The summed E-state index contributed by atoms with van der Waals surface area (Å²) in [7, 11) is 1.31. The van der Waals surface area contributed by atoms with Crippen LogP contribution in [0.15, 0.2) is 21.6 Å². The number of furan rings is 1. The molecule has 0 radical (unpaired) electrons. The molecule has 0 bridgehead atoms. The molecule has 0 aliphatic heterocycles. The normalized spacial score (nSPS) is 14.9. The predicted octanol–water partition coefficient (Wildman–Crippen LogP) is 3.77. The van der Waals surface area contributed by atoms with E-state index in [1.165, 1.54) is 18.9 Å². The standard InChI is InChI=1S/C17H17N3O3S/c1-9-12(8-18)16(20-15(19-9)11-4-5-11)24-10(2)13-6-7-14(23-13)17(21)22-3/h6-7,10-11H,4-5H2,1-3H3/t10-/m0/s1. The number of carbonyl (C=O) groups excluding carboxylic acids is 1. The zero-order chi connectivity index (χ0) is 17.3. The molecule has 0 saturated heterocycles. The van der Waals surface area contributed by atoms with Crippen molar-refractivity contribution in [1.82, 2.24) is 9.97 Å². The average Bonchev–Trinajstić information content (AvgIpc) is 3.30. The SMILES string of the molecule is COC(=O)c1ccc([C@H](C)Sc2nc(C3CC3)nc(C)c2C#N)o1. The minimum atomic E-state index is -0.509.